The average Bonchev–Trinajstić information content (AvgIpc) is 2.73. The number of aryl methyl sites for hydroxylation is 2. The number of hydrogen-bond acceptors (Lipinski definition) is 7. The standard InChI is InChI=1S/C22H25N5O5S2/c1-15-14-16(2)24-22(23-15)26-34(31,32)20-12-10-18(11-13-20)25-21(28)17(3)27(33(4,29)30)19-8-6-5-7-9-19/h5-14,17H,1-4H3,(H,25,28)(H,23,24,26)/t17-/m1/s1. The number of amides is 1. The number of nitrogens with zero attached hydrogens (tertiary/aromatic N) is 3. The van der Waals surface area contributed by atoms with Gasteiger partial charge in [0.05, 0.1) is 16.8 Å². The first-order valence-corrected chi connectivity index (χ1v) is 13.5. The normalized spacial score (nSPS) is 12.6. The first-order valence-electron chi connectivity index (χ1n) is 10.2. The van der Waals surface area contributed by atoms with Crippen LogP contribution in [-0.2, 0) is 24.8 Å². The zero-order valence-corrected chi connectivity index (χ0v) is 20.7. The Bertz CT molecular complexity index is 1370. The summed E-state index contributed by atoms with van der Waals surface area (Å²) in [6.45, 7) is 4.93. The Labute approximate surface area is 199 Å². The van der Waals surface area contributed by atoms with Crippen LogP contribution in [0.15, 0.2) is 65.6 Å². The van der Waals surface area contributed by atoms with E-state index >= 15 is 0 Å². The number of aromatic nitrogens is 2. The molecule has 0 spiro atoms. The van der Waals surface area contributed by atoms with Gasteiger partial charge in [0, 0.05) is 17.1 Å². The van der Waals surface area contributed by atoms with E-state index in [0.717, 1.165) is 10.6 Å². The molecule has 12 heteroatoms. The number of benzene rings is 2. The second-order valence-corrected chi connectivity index (χ2v) is 11.2. The Hall–Kier alpha value is -3.51. The molecule has 1 heterocycles. The van der Waals surface area contributed by atoms with Crippen LogP contribution in [0.3, 0.4) is 0 Å². The summed E-state index contributed by atoms with van der Waals surface area (Å²) in [5, 5.41) is 2.62. The number of para-hydroxylation sites is 1. The van der Waals surface area contributed by atoms with Gasteiger partial charge >= 0.3 is 0 Å². The van der Waals surface area contributed by atoms with E-state index in [-0.39, 0.29) is 10.8 Å². The van der Waals surface area contributed by atoms with Crippen LogP contribution in [-0.4, -0.2) is 45.0 Å². The van der Waals surface area contributed by atoms with Crippen molar-refractivity contribution in [2.75, 3.05) is 20.6 Å². The van der Waals surface area contributed by atoms with E-state index in [1.165, 1.54) is 31.2 Å². The highest BCUT2D eigenvalue weighted by Crippen LogP contribution is 2.22. The van der Waals surface area contributed by atoms with Gasteiger partial charge in [0.25, 0.3) is 10.0 Å². The van der Waals surface area contributed by atoms with E-state index in [1.54, 1.807) is 50.2 Å². The van der Waals surface area contributed by atoms with Gasteiger partial charge in [0.15, 0.2) is 0 Å². The second-order valence-electron chi connectivity index (χ2n) is 7.66. The smallest absolute Gasteiger partial charge is 0.264 e. The van der Waals surface area contributed by atoms with Crippen molar-refractivity contribution < 1.29 is 21.6 Å². The van der Waals surface area contributed by atoms with Crippen LogP contribution in [0.1, 0.15) is 18.3 Å². The molecular weight excluding hydrogens is 478 g/mol. The monoisotopic (exact) mass is 503 g/mol. The number of nitrogens with one attached hydrogen (secondary N) is 2. The summed E-state index contributed by atoms with van der Waals surface area (Å²) in [4.78, 5) is 20.9. The molecule has 0 aliphatic rings. The van der Waals surface area contributed by atoms with Gasteiger partial charge < -0.3 is 5.32 Å². The van der Waals surface area contributed by atoms with Crippen molar-refractivity contribution in [2.45, 2.75) is 31.7 Å². The first-order chi connectivity index (χ1) is 15.9. The van der Waals surface area contributed by atoms with E-state index < -0.39 is 32.0 Å². The third-order valence-electron chi connectivity index (χ3n) is 4.74. The summed E-state index contributed by atoms with van der Waals surface area (Å²) >= 11 is 0. The predicted molar refractivity (Wildman–Crippen MR) is 131 cm³/mol. The number of rotatable bonds is 8. The molecule has 0 saturated heterocycles. The Kier molecular flexibility index (Phi) is 7.22. The van der Waals surface area contributed by atoms with E-state index in [2.05, 4.69) is 20.0 Å². The highest BCUT2D eigenvalue weighted by atomic mass is 32.2. The molecule has 1 aromatic heterocycles. The van der Waals surface area contributed by atoms with Gasteiger partial charge in [0.2, 0.25) is 21.9 Å². The molecule has 3 rings (SSSR count). The fourth-order valence-corrected chi connectivity index (χ4v) is 5.42. The quantitative estimate of drug-likeness (QED) is 0.482. The molecule has 3 aromatic rings. The summed E-state index contributed by atoms with van der Waals surface area (Å²) in [6, 6.07) is 14.4. The lowest BCUT2D eigenvalue weighted by atomic mass is 10.2. The zero-order valence-electron chi connectivity index (χ0n) is 19.1. The van der Waals surface area contributed by atoms with Crippen LogP contribution in [0, 0.1) is 13.8 Å². The molecule has 0 saturated carbocycles. The molecule has 10 nitrogen and oxygen atoms in total. The van der Waals surface area contributed by atoms with E-state index in [0.29, 0.717) is 22.8 Å². The van der Waals surface area contributed by atoms with Gasteiger partial charge in [-0.25, -0.2) is 31.5 Å². The maximum atomic E-state index is 12.8. The fraction of sp³-hybridized carbons (Fsp3) is 0.227. The largest absolute Gasteiger partial charge is 0.324 e. The van der Waals surface area contributed by atoms with Gasteiger partial charge in [-0.1, -0.05) is 18.2 Å². The summed E-state index contributed by atoms with van der Waals surface area (Å²) in [6.07, 6.45) is 1.02. The molecule has 0 radical (unpaired) electrons. The van der Waals surface area contributed by atoms with Crippen molar-refractivity contribution in [3.05, 3.63) is 72.1 Å². The number of carbonyl (C=O) groups is 1. The highest BCUT2D eigenvalue weighted by molar-refractivity contribution is 7.92. The number of anilines is 3. The van der Waals surface area contributed by atoms with Crippen LogP contribution >= 0.6 is 0 Å². The molecule has 2 N–H and O–H groups in total. The van der Waals surface area contributed by atoms with Crippen molar-refractivity contribution in [3.63, 3.8) is 0 Å². The summed E-state index contributed by atoms with van der Waals surface area (Å²) < 4.78 is 53.4. The molecule has 0 aliphatic carbocycles. The summed E-state index contributed by atoms with van der Waals surface area (Å²) in [7, 11) is -7.70. The van der Waals surface area contributed by atoms with Crippen molar-refractivity contribution >= 4 is 43.3 Å². The Morgan fingerprint density at radius 1 is 0.912 bits per heavy atom. The molecule has 0 fully saturated rings. The summed E-state index contributed by atoms with van der Waals surface area (Å²) in [5.74, 6) is -0.614. The Morgan fingerprint density at radius 3 is 2.00 bits per heavy atom. The highest BCUT2D eigenvalue weighted by Gasteiger charge is 2.29. The predicted octanol–water partition coefficient (Wildman–Crippen LogP) is 2.69. The molecule has 34 heavy (non-hydrogen) atoms. The molecule has 180 valence electrons. The maximum absolute atomic E-state index is 12.8. The average molecular weight is 504 g/mol. The van der Waals surface area contributed by atoms with Crippen molar-refractivity contribution in [2.24, 2.45) is 0 Å². The second kappa shape index (κ2) is 9.77. The minimum Gasteiger partial charge on any atom is -0.324 e. The minimum atomic E-state index is -3.95. The number of hydrogen-bond donors (Lipinski definition) is 2. The Balaban J connectivity index is 1.76. The zero-order chi connectivity index (χ0) is 25.1. The van der Waals surface area contributed by atoms with Crippen molar-refractivity contribution in [1.29, 1.82) is 0 Å². The topological polar surface area (TPSA) is 138 Å². The van der Waals surface area contributed by atoms with Gasteiger partial charge in [0.1, 0.15) is 6.04 Å². The van der Waals surface area contributed by atoms with Crippen LogP contribution in [0.2, 0.25) is 0 Å². The van der Waals surface area contributed by atoms with Crippen molar-refractivity contribution in [3.8, 4) is 0 Å². The fourth-order valence-electron chi connectivity index (χ4n) is 3.30. The Morgan fingerprint density at radius 2 is 1.47 bits per heavy atom. The third kappa shape index (κ3) is 6.08. The third-order valence-corrected chi connectivity index (χ3v) is 7.32. The van der Waals surface area contributed by atoms with Gasteiger partial charge in [-0.15, -0.1) is 0 Å². The molecule has 1 atom stereocenters. The lowest BCUT2D eigenvalue weighted by Crippen LogP contribution is -2.45. The SMILES string of the molecule is Cc1cc(C)nc(NS(=O)(=O)c2ccc(NC(=O)[C@@H](C)N(c3ccccc3)S(C)(=O)=O)cc2)n1. The van der Waals surface area contributed by atoms with Crippen LogP contribution in [0.25, 0.3) is 0 Å². The van der Waals surface area contributed by atoms with Crippen LogP contribution < -0.4 is 14.3 Å². The van der Waals surface area contributed by atoms with Crippen LogP contribution in [0.4, 0.5) is 17.3 Å². The first kappa shape index (κ1) is 25.1. The lowest BCUT2D eigenvalue weighted by molar-refractivity contribution is -0.116. The van der Waals surface area contributed by atoms with Gasteiger partial charge in [-0.05, 0) is 63.2 Å². The number of carbonyl (C=O) groups excluding carboxylic acids is 1. The molecule has 2 aromatic carbocycles. The molecule has 0 bridgehead atoms. The summed E-state index contributed by atoms with van der Waals surface area (Å²) in [5.41, 5.74) is 1.90. The number of sulfonamides is 2. The molecule has 0 aliphatic heterocycles. The molecule has 1 amide bonds. The van der Waals surface area contributed by atoms with Gasteiger partial charge in [-0.2, -0.15) is 0 Å². The van der Waals surface area contributed by atoms with E-state index in [1.807, 2.05) is 0 Å². The van der Waals surface area contributed by atoms with Crippen molar-refractivity contribution in [1.82, 2.24) is 9.97 Å². The van der Waals surface area contributed by atoms with Crippen LogP contribution in [0.5, 0.6) is 0 Å². The van der Waals surface area contributed by atoms with E-state index in [9.17, 15) is 21.6 Å². The minimum absolute atomic E-state index is 0.0366. The lowest BCUT2D eigenvalue weighted by Gasteiger charge is -2.28. The molecular formula is C22H25N5O5S2. The van der Waals surface area contributed by atoms with Gasteiger partial charge in [-0.3, -0.25) is 9.10 Å². The van der Waals surface area contributed by atoms with E-state index in [4.69, 9.17) is 0 Å². The maximum Gasteiger partial charge on any atom is 0.264 e. The molecule has 0 unspecified atom stereocenters.